The molecule has 0 aliphatic heterocycles. The fourth-order valence-corrected chi connectivity index (χ4v) is 1.23. The van der Waals surface area contributed by atoms with Crippen LogP contribution in [0.5, 0.6) is 0 Å². The van der Waals surface area contributed by atoms with Crippen molar-refractivity contribution in [3.05, 3.63) is 0 Å². The highest BCUT2D eigenvalue weighted by atomic mass is 16.4. The molecule has 0 bridgehead atoms. The molecule has 0 aromatic heterocycles. The smallest absolute Gasteiger partial charge is 0.335 e. The van der Waals surface area contributed by atoms with Crippen LogP contribution in [0.4, 0.5) is 0 Å². The molecule has 0 rings (SSSR count). The molecule has 0 heterocycles. The Kier molecular flexibility index (Phi) is 12.4. The third kappa shape index (κ3) is 8.37. The van der Waals surface area contributed by atoms with Crippen molar-refractivity contribution in [2.75, 3.05) is 0 Å². The number of carboxylic acid groups (broad SMARTS) is 2. The Morgan fingerprint density at radius 3 is 0.923 bits per heavy atom. The van der Waals surface area contributed by atoms with Crippen molar-refractivity contribution in [2.45, 2.75) is 48.8 Å². The Bertz CT molecular complexity index is 425. The van der Waals surface area contributed by atoms with Crippen LogP contribution >= 0.6 is 0 Å². The van der Waals surface area contributed by atoms with E-state index in [2.05, 4.69) is 0 Å². The third-order valence-corrected chi connectivity index (χ3v) is 2.83. The van der Waals surface area contributed by atoms with Crippen LogP contribution in [0.2, 0.25) is 0 Å². The largest absolute Gasteiger partial charge is 0.479 e. The van der Waals surface area contributed by atoms with E-state index in [4.69, 9.17) is 51.1 Å². The number of rotatable bonds is 10. The maximum absolute atomic E-state index is 10.1. The summed E-state index contributed by atoms with van der Waals surface area (Å²) in [6.45, 7) is 0. The molecule has 0 amide bonds. The van der Waals surface area contributed by atoms with Gasteiger partial charge in [0.05, 0.1) is 0 Å². The summed E-state index contributed by atoms with van der Waals surface area (Å²) in [7, 11) is 0. The monoisotopic (exact) mass is 388 g/mol. The first-order valence-corrected chi connectivity index (χ1v) is 6.64. The number of aldehydes is 2. The average molecular weight is 388 g/mol. The van der Waals surface area contributed by atoms with Crippen LogP contribution in [0.15, 0.2) is 0 Å². The molecule has 14 heteroatoms. The highest BCUT2D eigenvalue weighted by Crippen LogP contribution is 2.04. The van der Waals surface area contributed by atoms with Crippen LogP contribution in [0, 0.1) is 0 Å². The van der Waals surface area contributed by atoms with Gasteiger partial charge in [-0.2, -0.15) is 0 Å². The van der Waals surface area contributed by atoms with Gasteiger partial charge in [-0.05, 0) is 0 Å². The van der Waals surface area contributed by atoms with Crippen LogP contribution in [0.1, 0.15) is 0 Å². The lowest BCUT2D eigenvalue weighted by molar-refractivity contribution is -0.164. The summed E-state index contributed by atoms with van der Waals surface area (Å²) in [6.07, 6.45) is -16.8. The molecular formula is C12H20O14. The summed E-state index contributed by atoms with van der Waals surface area (Å²) in [4.78, 5) is 39.9. The summed E-state index contributed by atoms with van der Waals surface area (Å²) in [6, 6.07) is 0. The van der Waals surface area contributed by atoms with Gasteiger partial charge in [0.15, 0.2) is 24.8 Å². The van der Waals surface area contributed by atoms with E-state index in [0.29, 0.717) is 0 Å². The second-order valence-electron chi connectivity index (χ2n) is 4.78. The van der Waals surface area contributed by atoms with E-state index in [9.17, 15) is 19.2 Å². The Morgan fingerprint density at radius 2 is 0.769 bits per heavy atom. The fraction of sp³-hybridized carbons (Fsp3) is 0.667. The van der Waals surface area contributed by atoms with E-state index in [1.807, 2.05) is 0 Å². The van der Waals surface area contributed by atoms with Gasteiger partial charge in [-0.1, -0.05) is 0 Å². The Balaban J connectivity index is 0. The molecule has 0 fully saturated rings. The zero-order valence-corrected chi connectivity index (χ0v) is 12.9. The first kappa shape index (κ1) is 26.2. The lowest BCUT2D eigenvalue weighted by atomic mass is 10.0. The van der Waals surface area contributed by atoms with Gasteiger partial charge < -0.3 is 60.7 Å². The molecule has 10 N–H and O–H groups in total. The molecule has 8 atom stereocenters. The Hall–Kier alpha value is -2.04. The van der Waals surface area contributed by atoms with E-state index < -0.39 is 60.8 Å². The maximum Gasteiger partial charge on any atom is 0.335 e. The first-order valence-electron chi connectivity index (χ1n) is 6.64. The maximum atomic E-state index is 10.1. The van der Waals surface area contributed by atoms with Crippen molar-refractivity contribution in [2.24, 2.45) is 0 Å². The topological polar surface area (TPSA) is 271 Å². The molecular weight excluding hydrogens is 368 g/mol. The van der Waals surface area contributed by atoms with Gasteiger partial charge in [0.2, 0.25) is 0 Å². The number of carboxylic acids is 2. The molecule has 0 aromatic rings. The molecule has 0 radical (unpaired) electrons. The third-order valence-electron chi connectivity index (χ3n) is 2.83. The minimum absolute atomic E-state index is 0.0809. The molecule has 0 spiro atoms. The zero-order chi connectivity index (χ0) is 21.2. The van der Waals surface area contributed by atoms with E-state index in [-0.39, 0.29) is 12.6 Å². The molecule has 0 saturated carbocycles. The molecule has 26 heavy (non-hydrogen) atoms. The minimum Gasteiger partial charge on any atom is -0.479 e. The zero-order valence-electron chi connectivity index (χ0n) is 12.9. The summed E-state index contributed by atoms with van der Waals surface area (Å²) in [5, 5.41) is 86.4. The lowest BCUT2D eigenvalue weighted by Gasteiger charge is -2.21. The standard InChI is InChI=1S/2C6H10O7/c2*7-1-2(8)3(9)4(10)5(11)6(12)13/h2*1-5,8-11H,(H,12,13)/t2-,3+,4-,5+;2-,3+,4-,5-/m00/s1. The highest BCUT2D eigenvalue weighted by Gasteiger charge is 2.34. The van der Waals surface area contributed by atoms with Crippen molar-refractivity contribution in [1.29, 1.82) is 0 Å². The van der Waals surface area contributed by atoms with E-state index in [1.165, 1.54) is 0 Å². The Labute approximate surface area is 144 Å². The van der Waals surface area contributed by atoms with E-state index >= 15 is 0 Å². The summed E-state index contributed by atoms with van der Waals surface area (Å²) in [5.74, 6) is -3.52. The van der Waals surface area contributed by atoms with Crippen molar-refractivity contribution < 1.29 is 70.2 Å². The van der Waals surface area contributed by atoms with Crippen molar-refractivity contribution in [3.8, 4) is 0 Å². The van der Waals surface area contributed by atoms with Gasteiger partial charge in [0.25, 0.3) is 0 Å². The molecule has 14 nitrogen and oxygen atoms in total. The lowest BCUT2D eigenvalue weighted by Crippen LogP contribution is -2.48. The van der Waals surface area contributed by atoms with Crippen LogP contribution in [-0.2, 0) is 19.2 Å². The van der Waals surface area contributed by atoms with Crippen LogP contribution in [0.25, 0.3) is 0 Å². The fourth-order valence-electron chi connectivity index (χ4n) is 1.23. The number of carbonyl (C=O) groups is 4. The second kappa shape index (κ2) is 12.3. The van der Waals surface area contributed by atoms with Crippen LogP contribution < -0.4 is 0 Å². The van der Waals surface area contributed by atoms with Gasteiger partial charge in [-0.3, -0.25) is 0 Å². The van der Waals surface area contributed by atoms with Gasteiger partial charge in [-0.15, -0.1) is 0 Å². The average Bonchev–Trinajstić information content (AvgIpc) is 2.62. The number of hydrogen-bond donors (Lipinski definition) is 10. The molecule has 0 aliphatic carbocycles. The summed E-state index contributed by atoms with van der Waals surface area (Å²) in [5.41, 5.74) is 0. The number of aliphatic hydroxyl groups is 8. The molecule has 0 aliphatic rings. The van der Waals surface area contributed by atoms with E-state index in [0.717, 1.165) is 0 Å². The number of aliphatic carboxylic acids is 2. The number of aliphatic hydroxyl groups excluding tert-OH is 8. The molecule has 0 saturated heterocycles. The predicted octanol–water partition coefficient (Wildman–Crippen LogP) is -6.57. The predicted molar refractivity (Wildman–Crippen MR) is 75.5 cm³/mol. The molecule has 0 unspecified atom stereocenters. The number of hydrogen-bond acceptors (Lipinski definition) is 12. The number of carbonyl (C=O) groups excluding carboxylic acids is 2. The quantitative estimate of drug-likeness (QED) is 0.156. The second-order valence-corrected chi connectivity index (χ2v) is 4.78. The Morgan fingerprint density at radius 1 is 0.538 bits per heavy atom. The van der Waals surface area contributed by atoms with E-state index in [1.54, 1.807) is 0 Å². The summed E-state index contributed by atoms with van der Waals surface area (Å²) < 4.78 is 0. The SMILES string of the molecule is O=C[C@H](O)[C@@H](O)[C@H](O)[C@@H](O)C(=O)O.O=C[C@H](O)[C@@H](O)[C@H](O)[C@H](O)C(=O)O. The van der Waals surface area contributed by atoms with Gasteiger partial charge in [-0.25, -0.2) is 9.59 Å². The summed E-state index contributed by atoms with van der Waals surface area (Å²) >= 11 is 0. The van der Waals surface area contributed by atoms with Gasteiger partial charge in [0.1, 0.15) is 36.6 Å². The molecule has 152 valence electrons. The van der Waals surface area contributed by atoms with Gasteiger partial charge in [0, 0.05) is 0 Å². The minimum atomic E-state index is -2.25. The highest BCUT2D eigenvalue weighted by molar-refractivity contribution is 5.73. The van der Waals surface area contributed by atoms with Gasteiger partial charge >= 0.3 is 11.9 Å². The first-order chi connectivity index (χ1) is 11.8. The van der Waals surface area contributed by atoms with Crippen molar-refractivity contribution in [3.63, 3.8) is 0 Å². The van der Waals surface area contributed by atoms with Crippen LogP contribution in [0.3, 0.4) is 0 Å². The van der Waals surface area contributed by atoms with Crippen molar-refractivity contribution >= 4 is 24.5 Å². The normalized spacial score (nSPS) is 20.0. The van der Waals surface area contributed by atoms with Crippen molar-refractivity contribution in [1.82, 2.24) is 0 Å². The molecule has 0 aromatic carbocycles. The van der Waals surface area contributed by atoms with Crippen LogP contribution in [-0.4, -0.2) is 124 Å².